The number of aromatic nitrogens is 1. The quantitative estimate of drug-likeness (QED) is 0.920. The number of benzene rings is 1. The molecule has 1 heterocycles. The maximum atomic E-state index is 8.80. The van der Waals surface area contributed by atoms with Crippen molar-refractivity contribution in [1.82, 2.24) is 4.98 Å². The highest BCUT2D eigenvalue weighted by molar-refractivity contribution is 6.31. The number of nitrogens with two attached hydrogens (primary N) is 1. The first-order chi connectivity index (χ1) is 8.70. The lowest BCUT2D eigenvalue weighted by Crippen LogP contribution is -2.00. The SMILES string of the molecule is N#Cc1nc(OCc2ccccc2Cl)ccc1N. The van der Waals surface area contributed by atoms with Crippen molar-refractivity contribution < 1.29 is 4.74 Å². The Morgan fingerprint density at radius 2 is 2.06 bits per heavy atom. The van der Waals surface area contributed by atoms with Gasteiger partial charge in [-0.15, -0.1) is 0 Å². The van der Waals surface area contributed by atoms with E-state index in [-0.39, 0.29) is 5.69 Å². The molecule has 18 heavy (non-hydrogen) atoms. The fraction of sp³-hybridized carbons (Fsp3) is 0.0769. The second-order valence-electron chi connectivity index (χ2n) is 3.58. The molecule has 90 valence electrons. The zero-order chi connectivity index (χ0) is 13.0. The van der Waals surface area contributed by atoms with Crippen LogP contribution in [0.15, 0.2) is 36.4 Å². The van der Waals surface area contributed by atoms with Crippen LogP contribution in [0.25, 0.3) is 0 Å². The predicted molar refractivity (Wildman–Crippen MR) is 69.1 cm³/mol. The molecule has 0 aliphatic heterocycles. The van der Waals surface area contributed by atoms with E-state index >= 15 is 0 Å². The van der Waals surface area contributed by atoms with Gasteiger partial charge in [0.15, 0.2) is 5.69 Å². The molecule has 1 aromatic heterocycles. The van der Waals surface area contributed by atoms with E-state index in [0.717, 1.165) is 5.56 Å². The molecule has 0 saturated carbocycles. The van der Waals surface area contributed by atoms with Crippen LogP contribution < -0.4 is 10.5 Å². The summed E-state index contributed by atoms with van der Waals surface area (Å²) in [7, 11) is 0. The van der Waals surface area contributed by atoms with E-state index in [1.807, 2.05) is 24.3 Å². The van der Waals surface area contributed by atoms with Crippen molar-refractivity contribution in [1.29, 1.82) is 5.26 Å². The van der Waals surface area contributed by atoms with Gasteiger partial charge in [-0.25, -0.2) is 4.98 Å². The Morgan fingerprint density at radius 3 is 2.78 bits per heavy atom. The Morgan fingerprint density at radius 1 is 1.28 bits per heavy atom. The lowest BCUT2D eigenvalue weighted by atomic mass is 10.2. The second kappa shape index (κ2) is 5.39. The van der Waals surface area contributed by atoms with Gasteiger partial charge in [0.25, 0.3) is 0 Å². The van der Waals surface area contributed by atoms with Gasteiger partial charge in [0.1, 0.15) is 12.7 Å². The van der Waals surface area contributed by atoms with Crippen LogP contribution in [0.2, 0.25) is 5.02 Å². The standard InChI is InChI=1S/C13H10ClN3O/c14-10-4-2-1-3-9(10)8-18-13-6-5-11(16)12(7-15)17-13/h1-6H,8,16H2. The van der Waals surface area contributed by atoms with Gasteiger partial charge in [0.2, 0.25) is 5.88 Å². The van der Waals surface area contributed by atoms with Crippen LogP contribution in [0, 0.1) is 11.3 Å². The summed E-state index contributed by atoms with van der Waals surface area (Å²) in [5.74, 6) is 0.348. The maximum Gasteiger partial charge on any atom is 0.214 e. The minimum absolute atomic E-state index is 0.159. The van der Waals surface area contributed by atoms with Crippen molar-refractivity contribution in [2.24, 2.45) is 0 Å². The van der Waals surface area contributed by atoms with E-state index in [4.69, 9.17) is 27.3 Å². The molecule has 2 rings (SSSR count). The molecule has 0 spiro atoms. The number of ether oxygens (including phenoxy) is 1. The second-order valence-corrected chi connectivity index (χ2v) is 3.99. The van der Waals surface area contributed by atoms with Crippen molar-refractivity contribution in [2.75, 3.05) is 5.73 Å². The third-order valence-electron chi connectivity index (χ3n) is 2.34. The van der Waals surface area contributed by atoms with E-state index in [2.05, 4.69) is 4.98 Å². The highest BCUT2D eigenvalue weighted by atomic mass is 35.5. The van der Waals surface area contributed by atoms with E-state index in [1.165, 1.54) is 0 Å². The van der Waals surface area contributed by atoms with Gasteiger partial charge in [-0.2, -0.15) is 5.26 Å². The topological polar surface area (TPSA) is 71.9 Å². The van der Waals surface area contributed by atoms with Crippen molar-refractivity contribution in [3.8, 4) is 11.9 Å². The molecule has 0 unspecified atom stereocenters. The number of nitrogen functional groups attached to an aromatic ring is 1. The maximum absolute atomic E-state index is 8.80. The third-order valence-corrected chi connectivity index (χ3v) is 2.71. The number of nitrogens with zero attached hydrogens (tertiary/aromatic N) is 2. The van der Waals surface area contributed by atoms with Crippen molar-refractivity contribution in [3.05, 3.63) is 52.7 Å². The van der Waals surface area contributed by atoms with E-state index in [0.29, 0.717) is 23.2 Å². The fourth-order valence-electron chi connectivity index (χ4n) is 1.39. The first-order valence-corrected chi connectivity index (χ1v) is 5.61. The summed E-state index contributed by atoms with van der Waals surface area (Å²) in [4.78, 5) is 3.98. The highest BCUT2D eigenvalue weighted by Crippen LogP contribution is 2.19. The minimum atomic E-state index is 0.159. The number of hydrogen-bond donors (Lipinski definition) is 1. The molecule has 0 atom stereocenters. The van der Waals surface area contributed by atoms with E-state index < -0.39 is 0 Å². The molecule has 2 N–H and O–H groups in total. The monoisotopic (exact) mass is 259 g/mol. The number of hydrogen-bond acceptors (Lipinski definition) is 4. The number of rotatable bonds is 3. The zero-order valence-corrected chi connectivity index (χ0v) is 10.2. The first kappa shape index (κ1) is 12.2. The van der Waals surface area contributed by atoms with Gasteiger partial charge in [0, 0.05) is 16.7 Å². The fourth-order valence-corrected chi connectivity index (χ4v) is 1.58. The van der Waals surface area contributed by atoms with E-state index in [9.17, 15) is 0 Å². The predicted octanol–water partition coefficient (Wildman–Crippen LogP) is 2.77. The average molecular weight is 260 g/mol. The number of halogens is 1. The van der Waals surface area contributed by atoms with Crippen molar-refractivity contribution in [2.45, 2.75) is 6.61 Å². The highest BCUT2D eigenvalue weighted by Gasteiger charge is 2.04. The van der Waals surface area contributed by atoms with Gasteiger partial charge < -0.3 is 10.5 Å². The van der Waals surface area contributed by atoms with Crippen LogP contribution in [0.3, 0.4) is 0 Å². The Kier molecular flexibility index (Phi) is 3.66. The average Bonchev–Trinajstić information content (AvgIpc) is 2.39. The van der Waals surface area contributed by atoms with Gasteiger partial charge in [0.05, 0.1) is 5.69 Å². The molecule has 0 aliphatic carbocycles. The molecular formula is C13H10ClN3O. The van der Waals surface area contributed by atoms with Crippen molar-refractivity contribution in [3.63, 3.8) is 0 Å². The summed E-state index contributed by atoms with van der Waals surface area (Å²) in [6, 6.07) is 12.5. The van der Waals surface area contributed by atoms with Crippen LogP contribution in [0.4, 0.5) is 5.69 Å². The lowest BCUT2D eigenvalue weighted by molar-refractivity contribution is 0.294. The van der Waals surface area contributed by atoms with Crippen LogP contribution in [0.5, 0.6) is 5.88 Å². The third kappa shape index (κ3) is 2.70. The smallest absolute Gasteiger partial charge is 0.214 e. The molecule has 0 saturated heterocycles. The van der Waals surface area contributed by atoms with Gasteiger partial charge >= 0.3 is 0 Å². The summed E-state index contributed by atoms with van der Waals surface area (Å²) in [5, 5.41) is 9.44. The zero-order valence-electron chi connectivity index (χ0n) is 9.43. The molecule has 0 aliphatic rings. The lowest BCUT2D eigenvalue weighted by Gasteiger charge is -2.07. The van der Waals surface area contributed by atoms with E-state index in [1.54, 1.807) is 18.2 Å². The molecule has 0 radical (unpaired) electrons. The molecule has 0 fully saturated rings. The summed E-state index contributed by atoms with van der Waals surface area (Å²) >= 11 is 6.00. The van der Waals surface area contributed by atoms with Gasteiger partial charge in [-0.05, 0) is 12.1 Å². The molecule has 1 aromatic carbocycles. The summed E-state index contributed by atoms with van der Waals surface area (Å²) < 4.78 is 5.47. The van der Waals surface area contributed by atoms with Crippen LogP contribution in [-0.4, -0.2) is 4.98 Å². The Hall–Kier alpha value is -2.25. The number of pyridine rings is 1. The van der Waals surface area contributed by atoms with Crippen LogP contribution >= 0.6 is 11.6 Å². The first-order valence-electron chi connectivity index (χ1n) is 5.23. The summed E-state index contributed by atoms with van der Waals surface area (Å²) in [6.45, 7) is 0.293. The van der Waals surface area contributed by atoms with Crippen molar-refractivity contribution >= 4 is 17.3 Å². The molecular weight excluding hydrogens is 250 g/mol. The Balaban J connectivity index is 2.12. The normalized spacial score (nSPS) is 9.78. The molecule has 5 heteroatoms. The largest absolute Gasteiger partial charge is 0.473 e. The molecule has 0 bridgehead atoms. The van der Waals surface area contributed by atoms with Gasteiger partial charge in [-0.3, -0.25) is 0 Å². The summed E-state index contributed by atoms with van der Waals surface area (Å²) in [5.41, 5.74) is 6.92. The minimum Gasteiger partial charge on any atom is -0.473 e. The Labute approximate surface area is 110 Å². The molecule has 2 aromatic rings. The number of nitriles is 1. The molecule has 4 nitrogen and oxygen atoms in total. The molecule has 0 amide bonds. The summed E-state index contributed by atoms with van der Waals surface area (Å²) in [6.07, 6.45) is 0. The van der Waals surface area contributed by atoms with Crippen LogP contribution in [-0.2, 0) is 6.61 Å². The van der Waals surface area contributed by atoms with Crippen LogP contribution in [0.1, 0.15) is 11.3 Å². The van der Waals surface area contributed by atoms with Gasteiger partial charge in [-0.1, -0.05) is 29.8 Å². The Bertz CT molecular complexity index is 607. The number of anilines is 1.